The molecule has 5 fully saturated rings. The Bertz CT molecular complexity index is 2210. The van der Waals surface area contributed by atoms with Crippen LogP contribution in [0.4, 0.5) is 5.13 Å². The average Bonchev–Trinajstić information content (AvgIpc) is 3.73. The van der Waals surface area contributed by atoms with E-state index >= 15 is 0 Å². The maximum Gasteiger partial charge on any atom is 0.299 e. The summed E-state index contributed by atoms with van der Waals surface area (Å²) in [6.45, 7) is 12.8. The van der Waals surface area contributed by atoms with Crippen molar-refractivity contribution in [3.63, 3.8) is 0 Å². The Morgan fingerprint density at radius 3 is 2.57 bits per heavy atom. The first-order valence-corrected chi connectivity index (χ1v) is 21.5. The van der Waals surface area contributed by atoms with Gasteiger partial charge in [-0.15, -0.1) is 0 Å². The fourth-order valence-electron chi connectivity index (χ4n) is 11.9. The van der Waals surface area contributed by atoms with E-state index in [4.69, 9.17) is 15.6 Å². The van der Waals surface area contributed by atoms with E-state index in [1.807, 2.05) is 54.4 Å². The van der Waals surface area contributed by atoms with Crippen molar-refractivity contribution in [2.24, 2.45) is 27.0 Å². The van der Waals surface area contributed by atoms with Crippen molar-refractivity contribution in [2.45, 2.75) is 97.6 Å². The Labute approximate surface area is 345 Å². The molecular formula is C44H59N9O4S. The van der Waals surface area contributed by atoms with Crippen LogP contribution >= 0.6 is 11.3 Å². The van der Waals surface area contributed by atoms with Crippen LogP contribution in [0.3, 0.4) is 0 Å². The first kappa shape index (κ1) is 40.3. The first-order valence-electron chi connectivity index (χ1n) is 20.7. The maximum absolute atomic E-state index is 10.7. The van der Waals surface area contributed by atoms with Crippen LogP contribution in [0.1, 0.15) is 89.8 Å². The monoisotopic (exact) mass is 809 g/mol. The molecule has 14 heteroatoms. The molecule has 2 aromatic heterocycles. The molecule has 2 atom stereocenters. The number of aliphatic hydroxyl groups is 3. The lowest BCUT2D eigenvalue weighted by molar-refractivity contribution is -0.248. The number of rotatable bonds is 13. The quantitative estimate of drug-likeness (QED) is 0.0577. The standard InChI is InChI=1S/C44H59N9O4S/c1-28(37(45)50-40-48-33-11-6-7-12-34(33)58-40)30-10-8-16-52(38(30)46)35-14-13-31(36(49-35)39(55)56)32-20-47-53(29(32)2)27-43-22-41(3)21-42(4,23-43)25-44(24-41,26-43)57-19-17-51(5)15-9-18-54/h6-7,11-14,20,46,49,54-56H,8-10,15-19,21-27H2,1-5H3,(H2,45,48,50)/b30-28-,46-38?. The predicted octanol–water partition coefficient (Wildman–Crippen LogP) is 7.44. The highest BCUT2D eigenvalue weighted by molar-refractivity contribution is 7.22. The van der Waals surface area contributed by atoms with E-state index in [2.05, 4.69) is 52.7 Å². The number of nitrogens with zero attached hydrogens (tertiary/aromatic N) is 6. The molecule has 4 bridgehead atoms. The minimum absolute atomic E-state index is 0.0413. The van der Waals surface area contributed by atoms with Gasteiger partial charge in [0.05, 0.1) is 28.6 Å². The van der Waals surface area contributed by atoms with Crippen molar-refractivity contribution >= 4 is 43.9 Å². The van der Waals surface area contributed by atoms with Crippen LogP contribution in [0, 0.1) is 28.6 Å². The lowest BCUT2D eigenvalue weighted by atomic mass is 9.39. The van der Waals surface area contributed by atoms with Crippen molar-refractivity contribution in [1.82, 2.24) is 29.9 Å². The molecule has 4 aliphatic carbocycles. The van der Waals surface area contributed by atoms with Crippen LogP contribution in [0.5, 0.6) is 0 Å². The Balaban J connectivity index is 1.02. The second-order valence-corrected chi connectivity index (χ2v) is 19.5. The fraction of sp³-hybridized carbons (Fsp3) is 0.545. The number of amidine groups is 2. The molecule has 0 radical (unpaired) electrons. The highest BCUT2D eigenvalue weighted by atomic mass is 32.1. The molecule has 2 unspecified atom stereocenters. The lowest BCUT2D eigenvalue weighted by Gasteiger charge is -2.69. The summed E-state index contributed by atoms with van der Waals surface area (Å²) < 4.78 is 10.1. The van der Waals surface area contributed by atoms with E-state index in [0.717, 1.165) is 97.2 Å². The number of dihydropyridines is 1. The zero-order valence-electron chi connectivity index (χ0n) is 34.6. The summed E-state index contributed by atoms with van der Waals surface area (Å²) in [5.74, 6) is 0.360. The number of aliphatic hydroxyl groups excluding tert-OH is 2. The van der Waals surface area contributed by atoms with Crippen molar-refractivity contribution < 1.29 is 20.1 Å². The van der Waals surface area contributed by atoms with Gasteiger partial charge in [0.25, 0.3) is 5.95 Å². The second-order valence-electron chi connectivity index (χ2n) is 18.5. The Morgan fingerprint density at radius 1 is 1.09 bits per heavy atom. The molecule has 3 aromatic rings. The molecule has 2 aliphatic heterocycles. The van der Waals surface area contributed by atoms with Gasteiger partial charge in [-0.05, 0) is 125 Å². The number of fused-ring (bicyclic) bond motifs is 1. The number of para-hydroxylation sites is 1. The fourth-order valence-corrected chi connectivity index (χ4v) is 12.8. The van der Waals surface area contributed by atoms with Crippen LogP contribution in [-0.2, 0) is 11.3 Å². The zero-order valence-corrected chi connectivity index (χ0v) is 35.4. The summed E-state index contributed by atoms with van der Waals surface area (Å²) in [6.07, 6.45) is 14.5. The van der Waals surface area contributed by atoms with Crippen LogP contribution in [0.2, 0.25) is 0 Å². The molecule has 6 aliphatic rings. The number of ether oxygens (including phenoxy) is 1. The molecule has 1 saturated heterocycles. The zero-order chi connectivity index (χ0) is 41.0. The molecule has 0 spiro atoms. The number of aliphatic imine (C=N–C) groups is 1. The van der Waals surface area contributed by atoms with E-state index < -0.39 is 5.95 Å². The number of hydrogen-bond acceptors (Lipinski definition) is 11. The smallest absolute Gasteiger partial charge is 0.299 e. The number of allylic oxidation sites excluding steroid dienone is 3. The van der Waals surface area contributed by atoms with Gasteiger partial charge in [-0.2, -0.15) is 5.10 Å². The third kappa shape index (κ3) is 7.71. The Hall–Kier alpha value is -4.50. The summed E-state index contributed by atoms with van der Waals surface area (Å²) in [4.78, 5) is 13.3. The SMILES string of the molecule is CC(=C1\CCCN(C2=CC=C(c3cnn(CC45CC6(C)CC(C)(C4)CC(OCCN(C)CCCO)(C6)C5)c3C)C(=C(O)O)N2)C1=N)/C(N)=N\c1nc2ccccc2s1. The van der Waals surface area contributed by atoms with Crippen LogP contribution in [-0.4, -0.2) is 97.1 Å². The highest BCUT2D eigenvalue weighted by Crippen LogP contribution is 2.72. The number of aromatic nitrogens is 3. The predicted molar refractivity (Wildman–Crippen MR) is 230 cm³/mol. The summed E-state index contributed by atoms with van der Waals surface area (Å²) in [5, 5.41) is 48.6. The molecule has 0 amide bonds. The van der Waals surface area contributed by atoms with E-state index in [0.29, 0.717) is 41.9 Å². The van der Waals surface area contributed by atoms with E-state index in [9.17, 15) is 20.7 Å². The van der Waals surface area contributed by atoms with Gasteiger partial charge in [-0.25, -0.2) is 9.98 Å². The number of nitrogens with two attached hydrogens (primary N) is 1. The van der Waals surface area contributed by atoms with Gasteiger partial charge in [-0.1, -0.05) is 37.3 Å². The number of likely N-dealkylation sites (tertiary alicyclic amines) is 1. The van der Waals surface area contributed by atoms with Gasteiger partial charge >= 0.3 is 0 Å². The van der Waals surface area contributed by atoms with Crippen LogP contribution < -0.4 is 11.1 Å². The summed E-state index contributed by atoms with van der Waals surface area (Å²) >= 11 is 1.47. The number of thiazole rings is 1. The first-order chi connectivity index (χ1) is 27.6. The minimum Gasteiger partial charge on any atom is -0.480 e. The summed E-state index contributed by atoms with van der Waals surface area (Å²) in [6, 6.07) is 7.88. The Kier molecular flexibility index (Phi) is 10.6. The number of likely N-dealkylation sites (N-methyl/N-ethyl adjacent to an activating group) is 1. The average molecular weight is 810 g/mol. The van der Waals surface area contributed by atoms with Gasteiger partial charge in [0.15, 0.2) is 0 Å². The van der Waals surface area contributed by atoms with Gasteiger partial charge in [-0.3, -0.25) is 10.1 Å². The number of piperidine rings is 1. The molecule has 9 rings (SSSR count). The van der Waals surface area contributed by atoms with Gasteiger partial charge < -0.3 is 40.9 Å². The molecule has 7 N–H and O–H groups in total. The number of hydrogen-bond donors (Lipinski definition) is 6. The molecule has 1 aromatic carbocycles. The van der Waals surface area contributed by atoms with E-state index in [1.54, 1.807) is 0 Å². The van der Waals surface area contributed by atoms with E-state index in [-0.39, 0.29) is 40.0 Å². The largest absolute Gasteiger partial charge is 0.480 e. The summed E-state index contributed by atoms with van der Waals surface area (Å²) in [7, 11) is 2.10. The topological polar surface area (TPSA) is 181 Å². The number of benzene rings is 1. The van der Waals surface area contributed by atoms with Crippen molar-refractivity contribution in [1.29, 1.82) is 5.41 Å². The maximum atomic E-state index is 10.7. The van der Waals surface area contributed by atoms with Crippen molar-refractivity contribution in [3.8, 4) is 0 Å². The van der Waals surface area contributed by atoms with Crippen molar-refractivity contribution in [2.75, 3.05) is 39.9 Å². The molecule has 310 valence electrons. The molecular weight excluding hydrogens is 751 g/mol. The van der Waals surface area contributed by atoms with Gasteiger partial charge in [0.1, 0.15) is 23.2 Å². The van der Waals surface area contributed by atoms with Crippen molar-refractivity contribution in [3.05, 3.63) is 82.5 Å². The second kappa shape index (κ2) is 15.3. The third-order valence-corrected chi connectivity index (χ3v) is 14.2. The minimum atomic E-state index is -0.824. The highest BCUT2D eigenvalue weighted by Gasteiger charge is 2.66. The third-order valence-electron chi connectivity index (χ3n) is 13.3. The molecule has 13 nitrogen and oxygen atoms in total. The van der Waals surface area contributed by atoms with Gasteiger partial charge in [0, 0.05) is 55.2 Å². The lowest BCUT2D eigenvalue weighted by Crippen LogP contribution is -2.64. The number of nitrogens with one attached hydrogen (secondary N) is 2. The summed E-state index contributed by atoms with van der Waals surface area (Å²) in [5.41, 5.74) is 11.8. The van der Waals surface area contributed by atoms with E-state index in [1.165, 1.54) is 17.8 Å². The van der Waals surface area contributed by atoms with Gasteiger partial charge in [0.2, 0.25) is 5.13 Å². The van der Waals surface area contributed by atoms with Crippen LogP contribution in [0.25, 0.3) is 15.8 Å². The van der Waals surface area contributed by atoms with Crippen LogP contribution in [0.15, 0.2) is 76.2 Å². The normalized spacial score (nSPS) is 29.3. The molecule has 4 saturated carbocycles. The Morgan fingerprint density at radius 2 is 1.84 bits per heavy atom. The molecule has 4 heterocycles. The molecule has 58 heavy (non-hydrogen) atoms.